The second-order valence-electron chi connectivity index (χ2n) is 6.95. The van der Waals surface area contributed by atoms with Crippen molar-refractivity contribution in [3.05, 3.63) is 76.4 Å². The number of ketones is 1. The van der Waals surface area contributed by atoms with Gasteiger partial charge in [-0.25, -0.2) is 4.79 Å². The first-order valence-corrected chi connectivity index (χ1v) is 9.81. The van der Waals surface area contributed by atoms with Crippen molar-refractivity contribution in [3.63, 3.8) is 0 Å². The number of nitrogens with zero attached hydrogens (tertiary/aromatic N) is 2. The highest BCUT2D eigenvalue weighted by Gasteiger charge is 2.20. The van der Waals surface area contributed by atoms with Crippen LogP contribution in [0.15, 0.2) is 58.9 Å². The fourth-order valence-corrected chi connectivity index (χ4v) is 2.95. The molecule has 2 aromatic carbocycles. The van der Waals surface area contributed by atoms with Gasteiger partial charge in [0.2, 0.25) is 0 Å². The SMILES string of the molecule is CO/N=C(/C(=O)OC)c1cccc(C)c1CO/N=C(\C)c1ccc(/C(N)=C/C(C)=O)cc1. The molecule has 0 aromatic heterocycles. The zero-order valence-electron chi connectivity index (χ0n) is 18.8. The van der Waals surface area contributed by atoms with Gasteiger partial charge in [0.15, 0.2) is 11.5 Å². The molecule has 0 aliphatic carbocycles. The summed E-state index contributed by atoms with van der Waals surface area (Å²) in [5.41, 5.74) is 10.8. The minimum Gasteiger partial charge on any atom is -0.464 e. The van der Waals surface area contributed by atoms with E-state index in [0.717, 1.165) is 22.3 Å². The van der Waals surface area contributed by atoms with E-state index in [1.54, 1.807) is 6.07 Å². The van der Waals surface area contributed by atoms with Crippen LogP contribution in [0.1, 0.15) is 41.7 Å². The molecule has 0 atom stereocenters. The van der Waals surface area contributed by atoms with Crippen LogP contribution in [0.3, 0.4) is 0 Å². The van der Waals surface area contributed by atoms with Gasteiger partial charge in [-0.15, -0.1) is 0 Å². The van der Waals surface area contributed by atoms with Crippen LogP contribution in [0.5, 0.6) is 0 Å². The lowest BCUT2D eigenvalue weighted by atomic mass is 9.99. The quantitative estimate of drug-likeness (QED) is 0.279. The summed E-state index contributed by atoms with van der Waals surface area (Å²) in [7, 11) is 2.64. The van der Waals surface area contributed by atoms with E-state index in [9.17, 15) is 9.59 Å². The van der Waals surface area contributed by atoms with Gasteiger partial charge < -0.3 is 20.1 Å². The molecule has 2 aromatic rings. The van der Waals surface area contributed by atoms with E-state index in [1.807, 2.05) is 50.2 Å². The first kappa shape index (κ1) is 24.3. The van der Waals surface area contributed by atoms with Gasteiger partial charge in [0.25, 0.3) is 0 Å². The molecular weight excluding hydrogens is 410 g/mol. The van der Waals surface area contributed by atoms with Crippen LogP contribution < -0.4 is 5.73 Å². The summed E-state index contributed by atoms with van der Waals surface area (Å²) < 4.78 is 4.81. The molecule has 32 heavy (non-hydrogen) atoms. The number of allylic oxidation sites excluding steroid dienone is 1. The molecule has 0 saturated carbocycles. The van der Waals surface area contributed by atoms with Crippen molar-refractivity contribution < 1.29 is 24.0 Å². The predicted molar refractivity (Wildman–Crippen MR) is 123 cm³/mol. The maximum absolute atomic E-state index is 12.1. The number of esters is 1. The van der Waals surface area contributed by atoms with Gasteiger partial charge in [0, 0.05) is 22.9 Å². The van der Waals surface area contributed by atoms with Crippen molar-refractivity contribution in [2.24, 2.45) is 16.0 Å². The summed E-state index contributed by atoms with van der Waals surface area (Å²) in [6.45, 7) is 5.28. The Morgan fingerprint density at radius 2 is 1.66 bits per heavy atom. The number of carbonyl (C=O) groups excluding carboxylic acids is 2. The minimum absolute atomic E-state index is 0.0461. The number of ether oxygens (including phenoxy) is 1. The number of hydrogen-bond donors (Lipinski definition) is 1. The number of oxime groups is 2. The van der Waals surface area contributed by atoms with Crippen molar-refractivity contribution >= 4 is 28.9 Å². The van der Waals surface area contributed by atoms with Gasteiger partial charge >= 0.3 is 5.97 Å². The van der Waals surface area contributed by atoms with Gasteiger partial charge in [0.1, 0.15) is 13.7 Å². The summed E-state index contributed by atoms with van der Waals surface area (Å²) in [5, 5.41) is 8.01. The first-order valence-electron chi connectivity index (χ1n) is 9.81. The molecule has 0 spiro atoms. The van der Waals surface area contributed by atoms with Crippen LogP contribution in [-0.2, 0) is 30.6 Å². The molecular formula is C24H27N3O5. The van der Waals surface area contributed by atoms with Crippen LogP contribution >= 0.6 is 0 Å². The highest BCUT2D eigenvalue weighted by atomic mass is 16.6. The van der Waals surface area contributed by atoms with Crippen LogP contribution in [-0.4, -0.2) is 37.4 Å². The lowest BCUT2D eigenvalue weighted by Crippen LogP contribution is -2.20. The van der Waals surface area contributed by atoms with E-state index in [2.05, 4.69) is 10.3 Å². The maximum atomic E-state index is 12.1. The molecule has 2 rings (SSSR count). The number of carbonyl (C=O) groups is 2. The predicted octanol–water partition coefficient (Wildman–Crippen LogP) is 3.35. The Kier molecular flexibility index (Phi) is 8.71. The molecule has 0 heterocycles. The van der Waals surface area contributed by atoms with Crippen molar-refractivity contribution in [3.8, 4) is 0 Å². The van der Waals surface area contributed by atoms with E-state index in [1.165, 1.54) is 27.2 Å². The van der Waals surface area contributed by atoms with Crippen LogP contribution in [0.25, 0.3) is 5.70 Å². The molecule has 0 bridgehead atoms. The Bertz CT molecular complexity index is 1070. The van der Waals surface area contributed by atoms with Crippen LogP contribution in [0.2, 0.25) is 0 Å². The highest BCUT2D eigenvalue weighted by Crippen LogP contribution is 2.18. The third kappa shape index (κ3) is 6.28. The summed E-state index contributed by atoms with van der Waals surface area (Å²) in [6.07, 6.45) is 1.38. The molecule has 0 aliphatic rings. The average Bonchev–Trinajstić information content (AvgIpc) is 2.77. The molecule has 0 amide bonds. The van der Waals surface area contributed by atoms with Crippen molar-refractivity contribution in [2.45, 2.75) is 27.4 Å². The molecule has 0 radical (unpaired) electrons. The normalized spacial score (nSPS) is 12.3. The average molecular weight is 437 g/mol. The lowest BCUT2D eigenvalue weighted by molar-refractivity contribution is -0.132. The Hall–Kier alpha value is -3.94. The van der Waals surface area contributed by atoms with Gasteiger partial charge in [-0.3, -0.25) is 4.79 Å². The molecule has 0 fully saturated rings. The fraction of sp³-hybridized carbons (Fsp3) is 0.250. The summed E-state index contributed by atoms with van der Waals surface area (Å²) in [4.78, 5) is 33.7. The molecule has 8 heteroatoms. The van der Waals surface area contributed by atoms with Crippen LogP contribution in [0, 0.1) is 6.92 Å². The Labute approximate surface area is 187 Å². The Balaban J connectivity index is 2.22. The highest BCUT2D eigenvalue weighted by molar-refractivity contribution is 6.43. The van der Waals surface area contributed by atoms with E-state index < -0.39 is 5.97 Å². The second-order valence-corrected chi connectivity index (χ2v) is 6.95. The standard InChI is InChI=1S/C24H27N3O5/c1-15-7-6-8-20(23(27-31-5)24(29)30-4)21(15)14-32-26-17(3)18-9-11-19(12-10-18)22(25)13-16(2)28/h6-13H,14,25H2,1-5H3/b22-13-,26-17+,27-23+. The number of benzene rings is 2. The van der Waals surface area contributed by atoms with Gasteiger partial charge in [-0.05, 0) is 37.5 Å². The van der Waals surface area contributed by atoms with E-state index in [0.29, 0.717) is 17.0 Å². The molecule has 0 unspecified atom stereocenters. The second kappa shape index (κ2) is 11.5. The zero-order chi connectivity index (χ0) is 23.7. The Morgan fingerprint density at radius 1 is 1.00 bits per heavy atom. The van der Waals surface area contributed by atoms with Gasteiger partial charge in [-0.2, -0.15) is 0 Å². The van der Waals surface area contributed by atoms with E-state index >= 15 is 0 Å². The molecule has 0 saturated heterocycles. The summed E-state index contributed by atoms with van der Waals surface area (Å²) in [6, 6.07) is 12.8. The largest absolute Gasteiger partial charge is 0.464 e. The molecule has 168 valence electrons. The number of aryl methyl sites for hydroxylation is 1. The fourth-order valence-electron chi connectivity index (χ4n) is 2.95. The molecule has 8 nitrogen and oxygen atoms in total. The van der Waals surface area contributed by atoms with E-state index in [-0.39, 0.29) is 18.1 Å². The minimum atomic E-state index is -0.614. The van der Waals surface area contributed by atoms with Crippen molar-refractivity contribution in [1.29, 1.82) is 0 Å². The third-order valence-corrected chi connectivity index (χ3v) is 4.63. The number of methoxy groups -OCH3 is 1. The lowest BCUT2D eigenvalue weighted by Gasteiger charge is -2.12. The number of hydrogen-bond acceptors (Lipinski definition) is 8. The smallest absolute Gasteiger partial charge is 0.360 e. The van der Waals surface area contributed by atoms with Crippen molar-refractivity contribution in [1.82, 2.24) is 0 Å². The zero-order valence-corrected chi connectivity index (χ0v) is 18.8. The topological polar surface area (TPSA) is 113 Å². The molecule has 0 aliphatic heterocycles. The van der Waals surface area contributed by atoms with Gasteiger partial charge in [0.05, 0.1) is 12.8 Å². The Morgan fingerprint density at radius 3 is 2.25 bits per heavy atom. The number of rotatable bonds is 9. The molecule has 2 N–H and O–H groups in total. The summed E-state index contributed by atoms with van der Waals surface area (Å²) >= 11 is 0. The van der Waals surface area contributed by atoms with Gasteiger partial charge in [-0.1, -0.05) is 52.8 Å². The van der Waals surface area contributed by atoms with Crippen LogP contribution in [0.4, 0.5) is 0 Å². The summed E-state index contributed by atoms with van der Waals surface area (Å²) in [5.74, 6) is -0.726. The number of nitrogens with two attached hydrogens (primary N) is 1. The van der Waals surface area contributed by atoms with E-state index in [4.69, 9.17) is 20.1 Å². The first-order chi connectivity index (χ1) is 15.3. The third-order valence-electron chi connectivity index (χ3n) is 4.63. The maximum Gasteiger partial charge on any atom is 0.360 e. The van der Waals surface area contributed by atoms with Crippen molar-refractivity contribution in [2.75, 3.05) is 14.2 Å². The monoisotopic (exact) mass is 437 g/mol.